The van der Waals surface area contributed by atoms with Crippen LogP contribution in [0.25, 0.3) is 0 Å². The van der Waals surface area contributed by atoms with Gasteiger partial charge in [0.2, 0.25) is 0 Å². The van der Waals surface area contributed by atoms with Crippen molar-refractivity contribution in [3.8, 4) is 0 Å². The molecule has 88 valence electrons. The zero-order valence-corrected chi connectivity index (χ0v) is 9.78. The number of ether oxygens (including phenoxy) is 1. The molecule has 2 N–H and O–H groups in total. The normalized spacial score (nSPS) is 27.2. The molecule has 0 radical (unpaired) electrons. The fourth-order valence-corrected chi connectivity index (χ4v) is 2.30. The van der Waals surface area contributed by atoms with Crippen molar-refractivity contribution in [2.75, 3.05) is 12.3 Å². The molecule has 1 atom stereocenters. The Balaban J connectivity index is 1.76. The van der Waals surface area contributed by atoms with Crippen molar-refractivity contribution in [3.05, 3.63) is 11.8 Å². The Morgan fingerprint density at radius 3 is 3.06 bits per heavy atom. The molecule has 3 rings (SSSR count). The van der Waals surface area contributed by atoms with Gasteiger partial charge in [-0.2, -0.15) is 5.10 Å². The van der Waals surface area contributed by atoms with Crippen LogP contribution in [0, 0.1) is 0 Å². The molecule has 4 heteroatoms. The van der Waals surface area contributed by atoms with Gasteiger partial charge in [-0.25, -0.2) is 4.68 Å². The fourth-order valence-electron chi connectivity index (χ4n) is 2.30. The van der Waals surface area contributed by atoms with Gasteiger partial charge in [0.1, 0.15) is 5.82 Å². The predicted octanol–water partition coefficient (Wildman–Crippen LogP) is 1.70. The Bertz CT molecular complexity index is 389. The summed E-state index contributed by atoms with van der Waals surface area (Å²) in [5.41, 5.74) is 7.45. The zero-order chi connectivity index (χ0) is 11.2. The molecule has 4 nitrogen and oxygen atoms in total. The van der Waals surface area contributed by atoms with Crippen LogP contribution in [0.5, 0.6) is 0 Å². The first-order valence-corrected chi connectivity index (χ1v) is 6.13. The second-order valence-corrected chi connectivity index (χ2v) is 5.33. The maximum Gasteiger partial charge on any atom is 0.122 e. The van der Waals surface area contributed by atoms with E-state index in [1.165, 1.54) is 12.8 Å². The van der Waals surface area contributed by atoms with Gasteiger partial charge in [-0.3, -0.25) is 0 Å². The summed E-state index contributed by atoms with van der Waals surface area (Å²) in [7, 11) is 0. The van der Waals surface area contributed by atoms with Crippen molar-refractivity contribution in [1.29, 1.82) is 0 Å². The molecule has 1 saturated heterocycles. The molecule has 16 heavy (non-hydrogen) atoms. The average Bonchev–Trinajstić information content (AvgIpc) is 2.69. The summed E-state index contributed by atoms with van der Waals surface area (Å²) in [4.78, 5) is 0. The lowest BCUT2D eigenvalue weighted by atomic mass is 10.1. The molecule has 0 spiro atoms. The zero-order valence-electron chi connectivity index (χ0n) is 9.78. The smallest absolute Gasteiger partial charge is 0.122 e. The lowest BCUT2D eigenvalue weighted by Gasteiger charge is -2.10. The number of rotatable bonds is 3. The van der Waals surface area contributed by atoms with Crippen LogP contribution in [0.1, 0.15) is 38.3 Å². The third kappa shape index (κ3) is 1.71. The van der Waals surface area contributed by atoms with Crippen molar-refractivity contribution in [2.24, 2.45) is 0 Å². The maximum atomic E-state index is 5.99. The molecule has 1 aromatic rings. The predicted molar refractivity (Wildman–Crippen MR) is 62.2 cm³/mol. The molecule has 2 heterocycles. The molecule has 0 amide bonds. The van der Waals surface area contributed by atoms with Crippen molar-refractivity contribution < 1.29 is 4.74 Å². The highest BCUT2D eigenvalue weighted by Gasteiger charge is 2.41. The summed E-state index contributed by atoms with van der Waals surface area (Å²) in [5, 5.41) is 4.62. The monoisotopic (exact) mass is 221 g/mol. The van der Waals surface area contributed by atoms with E-state index in [-0.39, 0.29) is 0 Å². The van der Waals surface area contributed by atoms with Gasteiger partial charge in [0, 0.05) is 18.1 Å². The Labute approximate surface area is 95.8 Å². The van der Waals surface area contributed by atoms with E-state index in [4.69, 9.17) is 10.5 Å². The molecular formula is C12H19N3O. The van der Waals surface area contributed by atoms with Gasteiger partial charge in [-0.05, 0) is 25.7 Å². The highest BCUT2D eigenvalue weighted by molar-refractivity contribution is 5.36. The lowest BCUT2D eigenvalue weighted by Crippen LogP contribution is -2.18. The summed E-state index contributed by atoms with van der Waals surface area (Å²) in [5.74, 6) is 0.777. The quantitative estimate of drug-likeness (QED) is 0.845. The van der Waals surface area contributed by atoms with E-state index in [0.717, 1.165) is 37.5 Å². The first-order valence-electron chi connectivity index (χ1n) is 6.13. The summed E-state index contributed by atoms with van der Waals surface area (Å²) >= 11 is 0. The van der Waals surface area contributed by atoms with Gasteiger partial charge in [-0.15, -0.1) is 0 Å². The van der Waals surface area contributed by atoms with E-state index >= 15 is 0 Å². The minimum Gasteiger partial charge on any atom is -0.384 e. The molecule has 0 bridgehead atoms. The number of hydrogen-bond acceptors (Lipinski definition) is 3. The van der Waals surface area contributed by atoms with Crippen LogP contribution in [0.15, 0.2) is 6.07 Å². The Hall–Kier alpha value is -1.03. The summed E-state index contributed by atoms with van der Waals surface area (Å²) in [6.45, 7) is 3.95. The molecule has 2 aliphatic rings. The van der Waals surface area contributed by atoms with Crippen molar-refractivity contribution in [2.45, 2.75) is 50.7 Å². The van der Waals surface area contributed by atoms with Crippen LogP contribution >= 0.6 is 0 Å². The van der Waals surface area contributed by atoms with Crippen LogP contribution < -0.4 is 5.73 Å². The van der Waals surface area contributed by atoms with Gasteiger partial charge < -0.3 is 10.5 Å². The highest BCUT2D eigenvalue weighted by atomic mass is 16.5. The second-order valence-electron chi connectivity index (χ2n) is 5.33. The summed E-state index contributed by atoms with van der Waals surface area (Å²) in [6.07, 6.45) is 5.08. The lowest BCUT2D eigenvalue weighted by molar-refractivity contribution is 0.0944. The van der Waals surface area contributed by atoms with Gasteiger partial charge >= 0.3 is 0 Å². The molecule has 2 fully saturated rings. The first-order chi connectivity index (χ1) is 7.67. The van der Waals surface area contributed by atoms with Crippen molar-refractivity contribution in [3.63, 3.8) is 0 Å². The van der Waals surface area contributed by atoms with Crippen LogP contribution in [-0.2, 0) is 16.7 Å². The molecule has 1 aromatic heterocycles. The topological polar surface area (TPSA) is 53.1 Å². The van der Waals surface area contributed by atoms with E-state index in [1.54, 1.807) is 0 Å². The van der Waals surface area contributed by atoms with E-state index in [1.807, 2.05) is 10.7 Å². The molecule has 0 aromatic carbocycles. The van der Waals surface area contributed by atoms with Gasteiger partial charge in [0.15, 0.2) is 0 Å². The number of nitrogen functional groups attached to an aromatic ring is 1. The largest absolute Gasteiger partial charge is 0.384 e. The third-order valence-corrected chi connectivity index (χ3v) is 3.83. The van der Waals surface area contributed by atoms with Crippen LogP contribution in [0.3, 0.4) is 0 Å². The molecule has 1 saturated carbocycles. The van der Waals surface area contributed by atoms with Crippen LogP contribution in [0.2, 0.25) is 0 Å². The third-order valence-electron chi connectivity index (χ3n) is 3.83. The Morgan fingerprint density at radius 1 is 1.62 bits per heavy atom. The van der Waals surface area contributed by atoms with E-state index in [9.17, 15) is 0 Å². The molecule has 1 aliphatic heterocycles. The van der Waals surface area contributed by atoms with Gasteiger partial charge in [0.05, 0.1) is 18.3 Å². The molecule has 0 unspecified atom stereocenters. The minimum absolute atomic E-state index is 0.301. The van der Waals surface area contributed by atoms with Crippen molar-refractivity contribution >= 4 is 5.82 Å². The van der Waals surface area contributed by atoms with Crippen LogP contribution in [0.4, 0.5) is 5.82 Å². The average molecular weight is 221 g/mol. The van der Waals surface area contributed by atoms with Gasteiger partial charge in [-0.1, -0.05) is 6.92 Å². The summed E-state index contributed by atoms with van der Waals surface area (Å²) < 4.78 is 7.52. The molecule has 1 aliphatic carbocycles. The van der Waals surface area contributed by atoms with E-state index in [0.29, 0.717) is 11.5 Å². The number of hydrogen-bond donors (Lipinski definition) is 1. The van der Waals surface area contributed by atoms with E-state index < -0.39 is 0 Å². The SMILES string of the molecule is CC1(c2cc(N)n(C[C@H]3CCCO3)n2)CC1. The molecular weight excluding hydrogens is 202 g/mol. The second kappa shape index (κ2) is 3.48. The Kier molecular flexibility index (Phi) is 2.21. The first kappa shape index (κ1) is 10.1. The number of nitrogens with two attached hydrogens (primary N) is 1. The van der Waals surface area contributed by atoms with E-state index in [2.05, 4.69) is 12.0 Å². The number of nitrogens with zero attached hydrogens (tertiary/aromatic N) is 2. The number of anilines is 1. The fraction of sp³-hybridized carbons (Fsp3) is 0.750. The highest BCUT2D eigenvalue weighted by Crippen LogP contribution is 2.47. The Morgan fingerprint density at radius 2 is 2.44 bits per heavy atom. The standard InChI is InChI=1S/C12H19N3O/c1-12(4-5-12)10-7-11(13)15(14-10)8-9-3-2-6-16-9/h7,9H,2-6,8,13H2,1H3/t9-/m1/s1. The van der Waals surface area contributed by atoms with Crippen LogP contribution in [-0.4, -0.2) is 22.5 Å². The van der Waals surface area contributed by atoms with Gasteiger partial charge in [0.25, 0.3) is 0 Å². The summed E-state index contributed by atoms with van der Waals surface area (Å²) in [6, 6.07) is 2.03. The minimum atomic E-state index is 0.301. The maximum absolute atomic E-state index is 5.99. The van der Waals surface area contributed by atoms with Crippen molar-refractivity contribution in [1.82, 2.24) is 9.78 Å². The number of aromatic nitrogens is 2.